The number of amides is 2. The van der Waals surface area contributed by atoms with Crippen molar-refractivity contribution >= 4 is 28.9 Å². The highest BCUT2D eigenvalue weighted by Gasteiger charge is 2.26. The van der Waals surface area contributed by atoms with E-state index < -0.39 is 0 Å². The van der Waals surface area contributed by atoms with E-state index in [-0.39, 0.29) is 17.7 Å². The summed E-state index contributed by atoms with van der Waals surface area (Å²) in [5.41, 5.74) is 5.29. The van der Waals surface area contributed by atoms with E-state index >= 15 is 0 Å². The molecule has 5 heteroatoms. The molecule has 2 heterocycles. The summed E-state index contributed by atoms with van der Waals surface area (Å²) in [6, 6.07) is 14.0. The van der Waals surface area contributed by atoms with Crippen LogP contribution in [0.15, 0.2) is 42.5 Å². The van der Waals surface area contributed by atoms with Crippen LogP contribution in [0.1, 0.15) is 36.8 Å². The molecule has 1 unspecified atom stereocenters. The third-order valence-electron chi connectivity index (χ3n) is 5.76. The van der Waals surface area contributed by atoms with E-state index in [1.165, 1.54) is 24.1 Å². The van der Waals surface area contributed by atoms with E-state index in [4.69, 9.17) is 0 Å². The number of hydrogen-bond acceptors (Lipinski definition) is 3. The van der Waals surface area contributed by atoms with Crippen LogP contribution in [-0.4, -0.2) is 24.9 Å². The molecule has 2 aliphatic heterocycles. The van der Waals surface area contributed by atoms with Gasteiger partial charge < -0.3 is 15.5 Å². The second kappa shape index (κ2) is 8.05. The highest BCUT2D eigenvalue weighted by atomic mass is 16.2. The summed E-state index contributed by atoms with van der Waals surface area (Å²) in [5, 5.41) is 5.93. The van der Waals surface area contributed by atoms with Gasteiger partial charge in [0.15, 0.2) is 0 Å². The first-order valence-corrected chi connectivity index (χ1v) is 10.1. The van der Waals surface area contributed by atoms with Crippen LogP contribution in [0.5, 0.6) is 0 Å². The van der Waals surface area contributed by atoms with Gasteiger partial charge in [0, 0.05) is 42.5 Å². The van der Waals surface area contributed by atoms with Crippen molar-refractivity contribution < 1.29 is 9.59 Å². The van der Waals surface area contributed by atoms with Gasteiger partial charge >= 0.3 is 0 Å². The van der Waals surface area contributed by atoms with Crippen molar-refractivity contribution in [2.45, 2.75) is 39.0 Å². The fourth-order valence-electron chi connectivity index (χ4n) is 4.22. The average Bonchev–Trinajstić information content (AvgIpc) is 3.21. The number of fused-ring (bicyclic) bond motifs is 1. The Balaban J connectivity index is 1.32. The first-order chi connectivity index (χ1) is 13.6. The molecule has 2 N–H and O–H groups in total. The number of para-hydroxylation sites is 1. The van der Waals surface area contributed by atoms with Crippen molar-refractivity contribution in [2.24, 2.45) is 5.92 Å². The van der Waals surface area contributed by atoms with Crippen molar-refractivity contribution in [2.75, 3.05) is 28.6 Å². The number of anilines is 3. The number of rotatable bonds is 5. The largest absolute Gasteiger partial charge is 0.371 e. The summed E-state index contributed by atoms with van der Waals surface area (Å²) in [7, 11) is 0. The molecule has 28 heavy (non-hydrogen) atoms. The summed E-state index contributed by atoms with van der Waals surface area (Å²) in [6.07, 6.45) is 4.08. The maximum absolute atomic E-state index is 12.4. The lowest BCUT2D eigenvalue weighted by Crippen LogP contribution is -2.30. The zero-order chi connectivity index (χ0) is 19.5. The van der Waals surface area contributed by atoms with E-state index in [0.717, 1.165) is 30.0 Å². The van der Waals surface area contributed by atoms with Crippen LogP contribution in [0.3, 0.4) is 0 Å². The van der Waals surface area contributed by atoms with Crippen LogP contribution in [0, 0.1) is 12.8 Å². The molecule has 2 aromatic carbocycles. The number of carbonyl (C=O) groups is 2. The minimum Gasteiger partial charge on any atom is -0.371 e. The molecule has 2 aliphatic rings. The lowest BCUT2D eigenvalue weighted by atomic mass is 9.89. The zero-order valence-corrected chi connectivity index (χ0v) is 16.3. The van der Waals surface area contributed by atoms with Gasteiger partial charge in [-0.15, -0.1) is 0 Å². The molecule has 0 spiro atoms. The summed E-state index contributed by atoms with van der Waals surface area (Å²) in [5.74, 6) is -0.183. The molecule has 0 aromatic heterocycles. The van der Waals surface area contributed by atoms with Gasteiger partial charge in [0.05, 0.1) is 0 Å². The van der Waals surface area contributed by atoms with Crippen LogP contribution in [-0.2, 0) is 16.0 Å². The molecule has 0 saturated carbocycles. The maximum Gasteiger partial charge on any atom is 0.227 e. The standard InChI is InChI=1S/C23H27N3O2/c1-16-14-19(9-10-21(16)26-12-4-5-13-26)24-22(27)11-8-18-15-17-6-2-3-7-20(17)25-23(18)28/h2-3,6-7,9-10,14,18H,4-5,8,11-13,15H2,1H3,(H,24,27)(H,25,28). The summed E-state index contributed by atoms with van der Waals surface area (Å²) < 4.78 is 0. The molecule has 0 aliphatic carbocycles. The average molecular weight is 377 g/mol. The Morgan fingerprint density at radius 3 is 2.75 bits per heavy atom. The SMILES string of the molecule is Cc1cc(NC(=O)CCC2Cc3ccccc3NC2=O)ccc1N1CCCC1. The van der Waals surface area contributed by atoms with Crippen molar-refractivity contribution in [1.29, 1.82) is 0 Å². The number of carbonyl (C=O) groups excluding carboxylic acids is 2. The van der Waals surface area contributed by atoms with Gasteiger partial charge in [-0.05, 0) is 68.0 Å². The molecule has 2 amide bonds. The predicted molar refractivity (Wildman–Crippen MR) is 113 cm³/mol. The number of nitrogens with zero attached hydrogens (tertiary/aromatic N) is 1. The summed E-state index contributed by atoms with van der Waals surface area (Å²) in [6.45, 7) is 4.31. The Bertz CT molecular complexity index is 887. The van der Waals surface area contributed by atoms with Gasteiger partial charge in [-0.25, -0.2) is 0 Å². The monoisotopic (exact) mass is 377 g/mol. The molecular formula is C23H27N3O2. The van der Waals surface area contributed by atoms with Gasteiger partial charge in [-0.1, -0.05) is 18.2 Å². The fourth-order valence-corrected chi connectivity index (χ4v) is 4.22. The van der Waals surface area contributed by atoms with Crippen LogP contribution in [0.4, 0.5) is 17.1 Å². The van der Waals surface area contributed by atoms with Gasteiger partial charge in [0.1, 0.15) is 0 Å². The Morgan fingerprint density at radius 1 is 1.18 bits per heavy atom. The minimum absolute atomic E-state index is 0.0114. The van der Waals surface area contributed by atoms with E-state index in [1.807, 2.05) is 36.4 Å². The lowest BCUT2D eigenvalue weighted by molar-refractivity contribution is -0.121. The second-order valence-corrected chi connectivity index (χ2v) is 7.83. The number of aryl methyl sites for hydroxylation is 1. The van der Waals surface area contributed by atoms with Crippen LogP contribution < -0.4 is 15.5 Å². The molecule has 2 aromatic rings. The predicted octanol–water partition coefficient (Wildman–Crippen LogP) is 4.12. The van der Waals surface area contributed by atoms with Gasteiger partial charge in [0.2, 0.25) is 11.8 Å². The van der Waals surface area contributed by atoms with Crippen molar-refractivity contribution in [3.8, 4) is 0 Å². The highest BCUT2D eigenvalue weighted by Crippen LogP contribution is 2.29. The zero-order valence-electron chi connectivity index (χ0n) is 16.3. The Labute approximate surface area is 166 Å². The molecule has 146 valence electrons. The number of nitrogens with one attached hydrogen (secondary N) is 2. The van der Waals surface area contributed by atoms with Crippen LogP contribution in [0.25, 0.3) is 0 Å². The Morgan fingerprint density at radius 2 is 1.96 bits per heavy atom. The molecule has 0 radical (unpaired) electrons. The van der Waals surface area contributed by atoms with E-state index in [2.05, 4.69) is 28.5 Å². The van der Waals surface area contributed by atoms with Crippen LogP contribution >= 0.6 is 0 Å². The smallest absolute Gasteiger partial charge is 0.227 e. The van der Waals surface area contributed by atoms with E-state index in [0.29, 0.717) is 19.3 Å². The molecule has 4 rings (SSSR count). The summed E-state index contributed by atoms with van der Waals surface area (Å²) >= 11 is 0. The second-order valence-electron chi connectivity index (χ2n) is 7.83. The van der Waals surface area contributed by atoms with E-state index in [9.17, 15) is 9.59 Å². The Kier molecular flexibility index (Phi) is 5.33. The van der Waals surface area contributed by atoms with Gasteiger partial charge in [0.25, 0.3) is 0 Å². The molecule has 1 atom stereocenters. The summed E-state index contributed by atoms with van der Waals surface area (Å²) in [4.78, 5) is 27.1. The molecule has 0 bridgehead atoms. The maximum atomic E-state index is 12.4. The first-order valence-electron chi connectivity index (χ1n) is 10.1. The fraction of sp³-hybridized carbons (Fsp3) is 0.391. The third-order valence-corrected chi connectivity index (χ3v) is 5.76. The van der Waals surface area contributed by atoms with Crippen molar-refractivity contribution in [3.63, 3.8) is 0 Å². The van der Waals surface area contributed by atoms with Crippen molar-refractivity contribution in [3.05, 3.63) is 53.6 Å². The molecule has 1 fully saturated rings. The van der Waals surface area contributed by atoms with Gasteiger partial charge in [-0.3, -0.25) is 9.59 Å². The molecular weight excluding hydrogens is 350 g/mol. The Hall–Kier alpha value is -2.82. The van der Waals surface area contributed by atoms with Crippen LogP contribution in [0.2, 0.25) is 0 Å². The first kappa shape index (κ1) is 18.5. The third kappa shape index (κ3) is 4.03. The van der Waals surface area contributed by atoms with E-state index in [1.54, 1.807) is 0 Å². The highest BCUT2D eigenvalue weighted by molar-refractivity contribution is 5.96. The quantitative estimate of drug-likeness (QED) is 0.824. The topological polar surface area (TPSA) is 61.4 Å². The number of benzene rings is 2. The molecule has 1 saturated heterocycles. The normalized spacial score (nSPS) is 18.5. The van der Waals surface area contributed by atoms with Crippen molar-refractivity contribution in [1.82, 2.24) is 0 Å². The molecule has 5 nitrogen and oxygen atoms in total. The van der Waals surface area contributed by atoms with Gasteiger partial charge in [-0.2, -0.15) is 0 Å². The minimum atomic E-state index is -0.153. The lowest BCUT2D eigenvalue weighted by Gasteiger charge is -2.24. The number of hydrogen-bond donors (Lipinski definition) is 2.